The van der Waals surface area contributed by atoms with Crippen LogP contribution in [0.4, 0.5) is 0 Å². The summed E-state index contributed by atoms with van der Waals surface area (Å²) in [5, 5.41) is 3.01. The highest BCUT2D eigenvalue weighted by atomic mass is 16.1. The quantitative estimate of drug-likeness (QED) is 0.827. The summed E-state index contributed by atoms with van der Waals surface area (Å²) in [7, 11) is 0. The number of nitrogens with two attached hydrogens (primary N) is 1. The number of aryl methyl sites for hydroxylation is 1. The molecule has 0 spiro atoms. The molecule has 0 fully saturated rings. The fraction of sp³-hybridized carbons (Fsp3) is 0.562. The van der Waals surface area contributed by atoms with Crippen LogP contribution in [0.15, 0.2) is 24.3 Å². The molecule has 0 saturated carbocycles. The molecule has 3 N–H and O–H groups in total. The van der Waals surface area contributed by atoms with E-state index in [0.717, 1.165) is 6.42 Å². The first-order chi connectivity index (χ1) is 8.83. The number of carbonyl (C=O) groups is 1. The molecule has 0 aliphatic heterocycles. The van der Waals surface area contributed by atoms with E-state index in [1.807, 2.05) is 19.1 Å². The smallest absolute Gasteiger partial charge is 0.220 e. The Morgan fingerprint density at radius 2 is 2.00 bits per heavy atom. The lowest BCUT2D eigenvalue weighted by molar-refractivity contribution is -0.121. The van der Waals surface area contributed by atoms with Crippen molar-refractivity contribution in [1.82, 2.24) is 5.32 Å². The van der Waals surface area contributed by atoms with Crippen molar-refractivity contribution in [2.75, 3.05) is 6.54 Å². The standard InChI is InChI=1S/C16H26N2O/c1-12-7-5-6-8-14(12)16(3,4)11-18-15(19)10-9-13(2)17/h5-8,13H,9-11,17H2,1-4H3,(H,18,19). The van der Waals surface area contributed by atoms with E-state index in [9.17, 15) is 4.79 Å². The van der Waals surface area contributed by atoms with Crippen molar-refractivity contribution < 1.29 is 4.79 Å². The van der Waals surface area contributed by atoms with E-state index in [1.165, 1.54) is 11.1 Å². The number of hydrogen-bond donors (Lipinski definition) is 2. The Morgan fingerprint density at radius 1 is 1.37 bits per heavy atom. The Kier molecular flexibility index (Phi) is 5.55. The van der Waals surface area contributed by atoms with Crippen molar-refractivity contribution in [2.24, 2.45) is 5.73 Å². The fourth-order valence-electron chi connectivity index (χ4n) is 2.19. The average Bonchev–Trinajstić information content (AvgIpc) is 2.34. The molecule has 106 valence electrons. The molecule has 3 heteroatoms. The minimum absolute atomic E-state index is 0.0602. The molecule has 1 atom stereocenters. The first-order valence-corrected chi connectivity index (χ1v) is 6.91. The molecule has 1 aromatic carbocycles. The maximum atomic E-state index is 11.7. The lowest BCUT2D eigenvalue weighted by Gasteiger charge is -2.27. The number of hydrogen-bond acceptors (Lipinski definition) is 2. The average molecular weight is 262 g/mol. The number of benzene rings is 1. The van der Waals surface area contributed by atoms with Gasteiger partial charge in [0.1, 0.15) is 0 Å². The second-order valence-corrected chi connectivity index (χ2v) is 5.99. The first-order valence-electron chi connectivity index (χ1n) is 6.91. The van der Waals surface area contributed by atoms with Crippen molar-refractivity contribution in [1.29, 1.82) is 0 Å². The Balaban J connectivity index is 2.56. The molecule has 0 saturated heterocycles. The highest BCUT2D eigenvalue weighted by molar-refractivity contribution is 5.76. The van der Waals surface area contributed by atoms with Gasteiger partial charge in [-0.1, -0.05) is 38.1 Å². The van der Waals surface area contributed by atoms with Gasteiger partial charge in [-0.05, 0) is 31.4 Å². The highest BCUT2D eigenvalue weighted by Gasteiger charge is 2.22. The minimum Gasteiger partial charge on any atom is -0.355 e. The fourth-order valence-corrected chi connectivity index (χ4v) is 2.19. The third-order valence-electron chi connectivity index (χ3n) is 3.43. The van der Waals surface area contributed by atoms with Crippen LogP contribution in [0.1, 0.15) is 44.7 Å². The van der Waals surface area contributed by atoms with Crippen LogP contribution in [0.2, 0.25) is 0 Å². The summed E-state index contributed by atoms with van der Waals surface area (Å²) < 4.78 is 0. The van der Waals surface area contributed by atoms with E-state index >= 15 is 0 Å². The zero-order chi connectivity index (χ0) is 14.5. The van der Waals surface area contributed by atoms with Crippen LogP contribution in [0.3, 0.4) is 0 Å². The van der Waals surface area contributed by atoms with Crippen LogP contribution in [0, 0.1) is 6.92 Å². The van der Waals surface area contributed by atoms with Crippen molar-refractivity contribution >= 4 is 5.91 Å². The van der Waals surface area contributed by atoms with Gasteiger partial charge in [0.15, 0.2) is 0 Å². The minimum atomic E-state index is -0.0602. The van der Waals surface area contributed by atoms with Gasteiger partial charge >= 0.3 is 0 Å². The maximum Gasteiger partial charge on any atom is 0.220 e. The molecule has 0 radical (unpaired) electrons. The van der Waals surface area contributed by atoms with E-state index < -0.39 is 0 Å². The maximum absolute atomic E-state index is 11.7. The van der Waals surface area contributed by atoms with Gasteiger partial charge in [0.05, 0.1) is 0 Å². The van der Waals surface area contributed by atoms with Gasteiger partial charge in [0, 0.05) is 24.4 Å². The summed E-state index contributed by atoms with van der Waals surface area (Å²) in [5.41, 5.74) is 8.13. The second kappa shape index (κ2) is 6.71. The number of carbonyl (C=O) groups excluding carboxylic acids is 1. The normalized spacial score (nSPS) is 13.1. The predicted molar refractivity (Wildman–Crippen MR) is 80.1 cm³/mol. The highest BCUT2D eigenvalue weighted by Crippen LogP contribution is 2.25. The summed E-state index contributed by atoms with van der Waals surface area (Å²) in [4.78, 5) is 11.7. The molecule has 0 heterocycles. The van der Waals surface area contributed by atoms with Gasteiger partial charge in [-0.25, -0.2) is 0 Å². The molecule has 0 aliphatic rings. The SMILES string of the molecule is Cc1ccccc1C(C)(C)CNC(=O)CCC(C)N. The number of amides is 1. The third-order valence-corrected chi connectivity index (χ3v) is 3.43. The number of rotatable bonds is 6. The molecular weight excluding hydrogens is 236 g/mol. The van der Waals surface area contributed by atoms with Crippen LogP contribution in [0.25, 0.3) is 0 Å². The predicted octanol–water partition coefficient (Wildman–Crippen LogP) is 2.52. The molecule has 0 aromatic heterocycles. The van der Waals surface area contributed by atoms with Crippen LogP contribution >= 0.6 is 0 Å². The van der Waals surface area contributed by atoms with Gasteiger partial charge in [0.2, 0.25) is 5.91 Å². The molecular formula is C16H26N2O. The van der Waals surface area contributed by atoms with Crippen molar-refractivity contribution in [3.05, 3.63) is 35.4 Å². The Bertz CT molecular complexity index is 425. The van der Waals surface area contributed by atoms with Gasteiger partial charge in [-0.15, -0.1) is 0 Å². The summed E-state index contributed by atoms with van der Waals surface area (Å²) in [6.45, 7) is 8.98. The Morgan fingerprint density at radius 3 is 2.58 bits per heavy atom. The largest absolute Gasteiger partial charge is 0.355 e. The zero-order valence-electron chi connectivity index (χ0n) is 12.5. The van der Waals surface area contributed by atoms with E-state index in [1.54, 1.807) is 0 Å². The summed E-state index contributed by atoms with van der Waals surface area (Å²) in [6.07, 6.45) is 1.23. The van der Waals surface area contributed by atoms with E-state index in [-0.39, 0.29) is 17.4 Å². The van der Waals surface area contributed by atoms with Gasteiger partial charge in [0.25, 0.3) is 0 Å². The lowest BCUT2D eigenvalue weighted by atomic mass is 9.82. The monoisotopic (exact) mass is 262 g/mol. The van der Waals surface area contributed by atoms with Gasteiger partial charge < -0.3 is 11.1 Å². The molecule has 0 bridgehead atoms. The first kappa shape index (κ1) is 15.7. The topological polar surface area (TPSA) is 55.1 Å². The van der Waals surface area contributed by atoms with Crippen molar-refractivity contribution in [3.8, 4) is 0 Å². The van der Waals surface area contributed by atoms with Crippen LogP contribution in [-0.4, -0.2) is 18.5 Å². The molecule has 1 aromatic rings. The van der Waals surface area contributed by atoms with Crippen molar-refractivity contribution in [3.63, 3.8) is 0 Å². The van der Waals surface area contributed by atoms with Crippen LogP contribution < -0.4 is 11.1 Å². The van der Waals surface area contributed by atoms with Gasteiger partial charge in [-0.3, -0.25) is 4.79 Å². The summed E-state index contributed by atoms with van der Waals surface area (Å²) in [6, 6.07) is 8.39. The third kappa shape index (κ3) is 5.03. The summed E-state index contributed by atoms with van der Waals surface area (Å²) >= 11 is 0. The Labute approximate surface area is 116 Å². The van der Waals surface area contributed by atoms with E-state index in [2.05, 4.69) is 38.2 Å². The molecule has 1 unspecified atom stereocenters. The molecule has 3 nitrogen and oxygen atoms in total. The van der Waals surface area contributed by atoms with E-state index in [4.69, 9.17) is 5.73 Å². The molecule has 1 rings (SSSR count). The Hall–Kier alpha value is -1.35. The zero-order valence-corrected chi connectivity index (χ0v) is 12.5. The summed E-state index contributed by atoms with van der Waals surface area (Å²) in [5.74, 6) is 0.0824. The number of nitrogens with one attached hydrogen (secondary N) is 1. The van der Waals surface area contributed by atoms with Crippen molar-refractivity contribution in [2.45, 2.75) is 52.0 Å². The molecule has 0 aliphatic carbocycles. The van der Waals surface area contributed by atoms with Crippen LogP contribution in [0.5, 0.6) is 0 Å². The van der Waals surface area contributed by atoms with E-state index in [0.29, 0.717) is 13.0 Å². The second-order valence-electron chi connectivity index (χ2n) is 5.99. The molecule has 1 amide bonds. The van der Waals surface area contributed by atoms with Gasteiger partial charge in [-0.2, -0.15) is 0 Å². The lowest BCUT2D eigenvalue weighted by Crippen LogP contribution is -2.37. The van der Waals surface area contributed by atoms with Crippen LogP contribution in [-0.2, 0) is 10.2 Å². The molecule has 19 heavy (non-hydrogen) atoms.